The monoisotopic (exact) mass is 457 g/mol. The van der Waals surface area contributed by atoms with Crippen molar-refractivity contribution in [3.8, 4) is 16.9 Å². The molecule has 7 heteroatoms. The van der Waals surface area contributed by atoms with Gasteiger partial charge in [0, 0.05) is 41.5 Å². The maximum absolute atomic E-state index is 13.7. The molecule has 1 N–H and O–H groups in total. The Bertz CT molecular complexity index is 1250. The summed E-state index contributed by atoms with van der Waals surface area (Å²) in [5, 5.41) is 8.19. The highest BCUT2D eigenvalue weighted by molar-refractivity contribution is 5.96. The molecule has 4 rings (SSSR count). The summed E-state index contributed by atoms with van der Waals surface area (Å²) in [5.41, 5.74) is 4.48. The van der Waals surface area contributed by atoms with Crippen LogP contribution >= 0.6 is 0 Å². The van der Waals surface area contributed by atoms with Gasteiger partial charge in [0.1, 0.15) is 5.75 Å². The third-order valence-corrected chi connectivity index (χ3v) is 5.99. The van der Waals surface area contributed by atoms with E-state index in [2.05, 4.69) is 20.1 Å². The Balaban J connectivity index is 1.69. The Morgan fingerprint density at radius 1 is 1.06 bits per heavy atom. The second-order valence-electron chi connectivity index (χ2n) is 8.60. The van der Waals surface area contributed by atoms with Crippen molar-refractivity contribution in [2.75, 3.05) is 34.3 Å². The van der Waals surface area contributed by atoms with Gasteiger partial charge in [0.25, 0.3) is 5.91 Å². The average Bonchev–Trinajstić information content (AvgIpc) is 3.34. The lowest BCUT2D eigenvalue weighted by atomic mass is 9.99. The van der Waals surface area contributed by atoms with Crippen molar-refractivity contribution in [1.82, 2.24) is 25.0 Å². The summed E-state index contributed by atoms with van der Waals surface area (Å²) in [6, 6.07) is 15.6. The van der Waals surface area contributed by atoms with E-state index in [9.17, 15) is 4.79 Å². The van der Waals surface area contributed by atoms with Crippen LogP contribution in [0.2, 0.25) is 0 Å². The van der Waals surface area contributed by atoms with Crippen LogP contribution in [0.1, 0.15) is 35.3 Å². The number of rotatable bonds is 9. The molecule has 0 saturated heterocycles. The number of hydrogen-bond donors (Lipinski definition) is 1. The zero-order chi connectivity index (χ0) is 24.1. The number of carbonyl (C=O) groups excluding carboxylic acids is 1. The third kappa shape index (κ3) is 4.94. The van der Waals surface area contributed by atoms with E-state index in [1.165, 1.54) is 0 Å². The van der Waals surface area contributed by atoms with Crippen molar-refractivity contribution in [1.29, 1.82) is 0 Å². The van der Waals surface area contributed by atoms with Crippen molar-refractivity contribution in [2.45, 2.75) is 19.4 Å². The first-order valence-electron chi connectivity index (χ1n) is 11.5. The molecule has 2 aromatic carbocycles. The summed E-state index contributed by atoms with van der Waals surface area (Å²) in [5.74, 6) is 0.635. The van der Waals surface area contributed by atoms with Crippen molar-refractivity contribution in [3.63, 3.8) is 0 Å². The molecule has 2 aromatic heterocycles. The summed E-state index contributed by atoms with van der Waals surface area (Å²) in [4.78, 5) is 22.0. The zero-order valence-corrected chi connectivity index (χ0v) is 20.2. The van der Waals surface area contributed by atoms with E-state index in [-0.39, 0.29) is 11.9 Å². The molecule has 1 amide bonds. The number of carbonyl (C=O) groups is 1. The van der Waals surface area contributed by atoms with Crippen LogP contribution < -0.4 is 4.74 Å². The van der Waals surface area contributed by atoms with Crippen molar-refractivity contribution in [3.05, 3.63) is 78.2 Å². The van der Waals surface area contributed by atoms with Gasteiger partial charge in [-0.25, -0.2) is 0 Å². The zero-order valence-electron chi connectivity index (χ0n) is 20.2. The number of nitrogens with one attached hydrogen (secondary N) is 1. The quantitative estimate of drug-likeness (QED) is 0.391. The fourth-order valence-corrected chi connectivity index (χ4v) is 4.21. The molecule has 0 spiro atoms. The Kier molecular flexibility index (Phi) is 7.23. The van der Waals surface area contributed by atoms with Gasteiger partial charge in [0.2, 0.25) is 0 Å². The fourth-order valence-electron chi connectivity index (χ4n) is 4.21. The number of amides is 1. The molecule has 34 heavy (non-hydrogen) atoms. The van der Waals surface area contributed by atoms with Crippen molar-refractivity contribution in [2.24, 2.45) is 0 Å². The van der Waals surface area contributed by atoms with Gasteiger partial charge in [-0.15, -0.1) is 0 Å². The topological polar surface area (TPSA) is 74.3 Å². The summed E-state index contributed by atoms with van der Waals surface area (Å²) in [6.45, 7) is 3.29. The van der Waals surface area contributed by atoms with E-state index in [0.29, 0.717) is 17.9 Å². The van der Waals surface area contributed by atoms with Crippen molar-refractivity contribution >= 4 is 16.8 Å². The predicted molar refractivity (Wildman–Crippen MR) is 135 cm³/mol. The van der Waals surface area contributed by atoms with Gasteiger partial charge in [-0.2, -0.15) is 5.10 Å². The number of aromatic amines is 1. The number of benzene rings is 2. The van der Waals surface area contributed by atoms with Crippen LogP contribution in [-0.2, 0) is 0 Å². The summed E-state index contributed by atoms with van der Waals surface area (Å²) in [6.07, 6.45) is 6.13. The molecule has 0 radical (unpaired) electrons. The molecule has 0 aliphatic carbocycles. The standard InChI is InChI=1S/C27H31N5O2/c1-5-34-25-15-20(11-12-22(25)19-9-7-6-8-10-19)27(33)32(4)24(13-14-31(2)3)23-18-28-16-21-17-29-30-26(21)23/h6-12,15-18,24H,5,13-14H2,1-4H3,(H,29,30)/t24-/m1/s1. The Morgan fingerprint density at radius 2 is 1.85 bits per heavy atom. The highest BCUT2D eigenvalue weighted by Crippen LogP contribution is 2.33. The number of hydrogen-bond acceptors (Lipinski definition) is 5. The third-order valence-electron chi connectivity index (χ3n) is 5.99. The highest BCUT2D eigenvalue weighted by Gasteiger charge is 2.26. The average molecular weight is 458 g/mol. The lowest BCUT2D eigenvalue weighted by Gasteiger charge is -2.30. The normalized spacial score (nSPS) is 12.1. The smallest absolute Gasteiger partial charge is 0.254 e. The van der Waals surface area contributed by atoms with Crippen LogP contribution in [0.4, 0.5) is 0 Å². The molecule has 0 unspecified atom stereocenters. The molecule has 7 nitrogen and oxygen atoms in total. The molecular formula is C27H31N5O2. The first-order chi connectivity index (χ1) is 16.5. The van der Waals surface area contributed by atoms with Crippen LogP contribution in [0.3, 0.4) is 0 Å². The minimum Gasteiger partial charge on any atom is -0.493 e. The summed E-state index contributed by atoms with van der Waals surface area (Å²) < 4.78 is 5.93. The molecule has 0 bridgehead atoms. The molecule has 0 fully saturated rings. The van der Waals surface area contributed by atoms with E-state index in [4.69, 9.17) is 4.74 Å². The summed E-state index contributed by atoms with van der Waals surface area (Å²) >= 11 is 0. The van der Waals surface area contributed by atoms with E-state index < -0.39 is 0 Å². The van der Waals surface area contributed by atoms with Gasteiger partial charge < -0.3 is 14.5 Å². The largest absolute Gasteiger partial charge is 0.493 e. The second-order valence-corrected chi connectivity index (χ2v) is 8.60. The first kappa shape index (κ1) is 23.4. The number of fused-ring (bicyclic) bond motifs is 1. The van der Waals surface area contributed by atoms with Crippen molar-refractivity contribution < 1.29 is 9.53 Å². The van der Waals surface area contributed by atoms with Crippen LogP contribution in [-0.4, -0.2) is 65.2 Å². The molecule has 176 valence electrons. The van der Waals surface area contributed by atoms with E-state index >= 15 is 0 Å². The molecule has 1 atom stereocenters. The number of aromatic nitrogens is 3. The van der Waals surface area contributed by atoms with Crippen LogP contribution in [0, 0.1) is 0 Å². The van der Waals surface area contributed by atoms with Gasteiger partial charge in [-0.3, -0.25) is 14.9 Å². The molecule has 0 aliphatic rings. The lowest BCUT2D eigenvalue weighted by Crippen LogP contribution is -2.33. The predicted octanol–water partition coefficient (Wildman–Crippen LogP) is 4.79. The van der Waals surface area contributed by atoms with E-state index in [0.717, 1.165) is 40.6 Å². The minimum absolute atomic E-state index is 0.0687. The molecule has 4 aromatic rings. The Hall–Kier alpha value is -3.71. The van der Waals surface area contributed by atoms with Gasteiger partial charge in [0.15, 0.2) is 0 Å². The maximum atomic E-state index is 13.7. The number of H-pyrrole nitrogens is 1. The van der Waals surface area contributed by atoms with Gasteiger partial charge in [-0.05, 0) is 57.7 Å². The molecular weight excluding hydrogens is 426 g/mol. The minimum atomic E-state index is -0.170. The second kappa shape index (κ2) is 10.5. The fraction of sp³-hybridized carbons (Fsp3) is 0.296. The van der Waals surface area contributed by atoms with E-state index in [1.54, 1.807) is 17.3 Å². The molecule has 0 aliphatic heterocycles. The van der Waals surface area contributed by atoms with E-state index in [1.807, 2.05) is 82.8 Å². The molecule has 0 saturated carbocycles. The van der Waals surface area contributed by atoms with Gasteiger partial charge in [0.05, 0.1) is 24.4 Å². The number of pyridine rings is 1. The van der Waals surface area contributed by atoms with Gasteiger partial charge >= 0.3 is 0 Å². The SMILES string of the molecule is CCOc1cc(C(=O)N(C)[C@H](CCN(C)C)c2cncc3cn[nH]c23)ccc1-c1ccccc1. The summed E-state index contributed by atoms with van der Waals surface area (Å²) in [7, 11) is 5.92. The first-order valence-corrected chi connectivity index (χ1v) is 11.5. The van der Waals surface area contributed by atoms with Crippen LogP contribution in [0.25, 0.3) is 22.0 Å². The van der Waals surface area contributed by atoms with Crippen LogP contribution in [0.5, 0.6) is 5.75 Å². The number of ether oxygens (including phenoxy) is 1. The molecule has 2 heterocycles. The Morgan fingerprint density at radius 3 is 2.59 bits per heavy atom. The maximum Gasteiger partial charge on any atom is 0.254 e. The highest BCUT2D eigenvalue weighted by atomic mass is 16.5. The van der Waals surface area contributed by atoms with Crippen LogP contribution in [0.15, 0.2) is 67.1 Å². The lowest BCUT2D eigenvalue weighted by molar-refractivity contribution is 0.0716. The number of nitrogens with zero attached hydrogens (tertiary/aromatic N) is 4. The van der Waals surface area contributed by atoms with Gasteiger partial charge in [-0.1, -0.05) is 30.3 Å². The Labute approximate surface area is 200 Å².